The smallest absolute Gasteiger partial charge is 0.320 e. The highest BCUT2D eigenvalue weighted by Crippen LogP contribution is 2.29. The maximum atomic E-state index is 13.6. The Kier molecular flexibility index (Phi) is 5.45. The van der Waals surface area contributed by atoms with E-state index in [0.717, 1.165) is 31.0 Å². The lowest BCUT2D eigenvalue weighted by Gasteiger charge is -2.25. The average Bonchev–Trinajstić information content (AvgIpc) is 3.34. The largest absolute Gasteiger partial charge is 0.480 e. The van der Waals surface area contributed by atoms with Gasteiger partial charge in [-0.2, -0.15) is 0 Å². The fourth-order valence-electron chi connectivity index (χ4n) is 2.41. The molecule has 1 amide bonds. The summed E-state index contributed by atoms with van der Waals surface area (Å²) in [5.74, 6) is -2.27. The summed E-state index contributed by atoms with van der Waals surface area (Å²) < 4.78 is 13.6. The van der Waals surface area contributed by atoms with E-state index in [0.29, 0.717) is 0 Å². The van der Waals surface area contributed by atoms with Crippen LogP contribution in [0.4, 0.5) is 15.8 Å². The average molecular weight is 339 g/mol. The molecule has 1 aliphatic carbocycles. The molecule has 130 valence electrons. The van der Waals surface area contributed by atoms with E-state index in [1.807, 2.05) is 0 Å². The standard InChI is InChI=1S/C15H18FN3O5/c1-9(15(21)22)18(10-2-3-10)7-6-14(20)17-13-8-11(19(23)24)4-5-12(13)16/h4-5,8-10H,2-3,6-7H2,1H3,(H,17,20)(H,21,22). The summed E-state index contributed by atoms with van der Waals surface area (Å²) in [6.07, 6.45) is 1.74. The first-order chi connectivity index (χ1) is 11.3. The van der Waals surface area contributed by atoms with Crippen molar-refractivity contribution >= 4 is 23.3 Å². The number of carbonyl (C=O) groups excluding carboxylic acids is 1. The lowest BCUT2D eigenvalue weighted by atomic mass is 10.2. The topological polar surface area (TPSA) is 113 Å². The third-order valence-corrected chi connectivity index (χ3v) is 3.90. The zero-order valence-corrected chi connectivity index (χ0v) is 13.1. The number of carboxylic acids is 1. The fraction of sp³-hybridized carbons (Fsp3) is 0.467. The molecule has 0 spiro atoms. The number of carboxylic acid groups (broad SMARTS) is 1. The number of hydrogen-bond acceptors (Lipinski definition) is 5. The van der Waals surface area contributed by atoms with Crippen molar-refractivity contribution in [2.24, 2.45) is 0 Å². The van der Waals surface area contributed by atoms with E-state index < -0.39 is 28.7 Å². The molecule has 2 N–H and O–H groups in total. The number of nitrogens with one attached hydrogen (secondary N) is 1. The maximum absolute atomic E-state index is 13.6. The van der Waals surface area contributed by atoms with Gasteiger partial charge in [0.2, 0.25) is 5.91 Å². The van der Waals surface area contributed by atoms with E-state index in [4.69, 9.17) is 5.11 Å². The van der Waals surface area contributed by atoms with Crippen LogP contribution in [0.5, 0.6) is 0 Å². The van der Waals surface area contributed by atoms with Gasteiger partial charge in [0.25, 0.3) is 5.69 Å². The Morgan fingerprint density at radius 1 is 1.50 bits per heavy atom. The third-order valence-electron chi connectivity index (χ3n) is 3.90. The molecule has 8 nitrogen and oxygen atoms in total. The number of rotatable bonds is 8. The Hall–Kier alpha value is -2.55. The van der Waals surface area contributed by atoms with Crippen molar-refractivity contribution in [2.75, 3.05) is 11.9 Å². The number of anilines is 1. The van der Waals surface area contributed by atoms with Gasteiger partial charge in [-0.05, 0) is 25.8 Å². The molecule has 1 fully saturated rings. The molecule has 2 rings (SSSR count). The van der Waals surface area contributed by atoms with Crippen LogP contribution >= 0.6 is 0 Å². The van der Waals surface area contributed by atoms with Crippen LogP contribution < -0.4 is 5.32 Å². The number of aliphatic carboxylic acids is 1. The van der Waals surface area contributed by atoms with E-state index in [1.54, 1.807) is 11.8 Å². The van der Waals surface area contributed by atoms with Crippen LogP contribution in [0.15, 0.2) is 18.2 Å². The number of hydrogen-bond donors (Lipinski definition) is 2. The first-order valence-electron chi connectivity index (χ1n) is 7.52. The predicted octanol–water partition coefficient (Wildman–Crippen LogP) is 2.00. The molecule has 1 unspecified atom stereocenters. The zero-order valence-electron chi connectivity index (χ0n) is 13.1. The molecule has 1 aromatic carbocycles. The Balaban J connectivity index is 1.96. The molecule has 0 radical (unpaired) electrons. The lowest BCUT2D eigenvalue weighted by Crippen LogP contribution is -2.42. The molecule has 0 heterocycles. The summed E-state index contributed by atoms with van der Waals surface area (Å²) in [6.45, 7) is 1.78. The molecule has 1 aliphatic rings. The number of benzene rings is 1. The van der Waals surface area contributed by atoms with Gasteiger partial charge in [-0.3, -0.25) is 24.6 Å². The van der Waals surface area contributed by atoms with Crippen molar-refractivity contribution in [1.82, 2.24) is 4.90 Å². The van der Waals surface area contributed by atoms with Crippen molar-refractivity contribution in [3.63, 3.8) is 0 Å². The molecular formula is C15H18FN3O5. The quantitative estimate of drug-likeness (QED) is 0.553. The van der Waals surface area contributed by atoms with Gasteiger partial charge >= 0.3 is 5.97 Å². The van der Waals surface area contributed by atoms with E-state index in [1.165, 1.54) is 0 Å². The van der Waals surface area contributed by atoms with E-state index in [-0.39, 0.29) is 30.4 Å². The molecule has 0 bridgehead atoms. The molecule has 9 heteroatoms. The highest BCUT2D eigenvalue weighted by molar-refractivity contribution is 5.91. The van der Waals surface area contributed by atoms with Gasteiger partial charge in [-0.15, -0.1) is 0 Å². The summed E-state index contributed by atoms with van der Waals surface area (Å²) in [5, 5.41) is 22.1. The van der Waals surface area contributed by atoms with Crippen molar-refractivity contribution in [2.45, 2.75) is 38.3 Å². The number of amides is 1. The fourth-order valence-corrected chi connectivity index (χ4v) is 2.41. The third kappa shape index (κ3) is 4.48. The zero-order chi connectivity index (χ0) is 17.9. The Labute approximate surface area is 137 Å². The number of carbonyl (C=O) groups is 2. The Morgan fingerprint density at radius 2 is 2.17 bits per heavy atom. The molecule has 1 saturated carbocycles. The number of nitro groups is 1. The first kappa shape index (κ1) is 17.8. The second-order valence-electron chi connectivity index (χ2n) is 5.70. The van der Waals surface area contributed by atoms with E-state index in [9.17, 15) is 24.1 Å². The van der Waals surface area contributed by atoms with Crippen LogP contribution in [0.3, 0.4) is 0 Å². The minimum Gasteiger partial charge on any atom is -0.480 e. The van der Waals surface area contributed by atoms with E-state index >= 15 is 0 Å². The summed E-state index contributed by atoms with van der Waals surface area (Å²) >= 11 is 0. The SMILES string of the molecule is CC(C(=O)O)N(CCC(=O)Nc1cc([N+](=O)[O-])ccc1F)C1CC1. The summed E-state index contributed by atoms with van der Waals surface area (Å²) in [4.78, 5) is 34.8. The van der Waals surface area contributed by atoms with Gasteiger partial charge < -0.3 is 10.4 Å². The van der Waals surface area contributed by atoms with E-state index in [2.05, 4.69) is 5.32 Å². The summed E-state index contributed by atoms with van der Waals surface area (Å²) in [6, 6.07) is 2.31. The van der Waals surface area contributed by atoms with Gasteiger partial charge in [0.15, 0.2) is 0 Å². The number of nitrogens with zero attached hydrogens (tertiary/aromatic N) is 2. The molecule has 0 aromatic heterocycles. The van der Waals surface area contributed by atoms with Gasteiger partial charge in [0.05, 0.1) is 10.6 Å². The van der Waals surface area contributed by atoms with Crippen molar-refractivity contribution in [1.29, 1.82) is 0 Å². The van der Waals surface area contributed by atoms with Crippen LogP contribution in [0.25, 0.3) is 0 Å². The number of nitro benzene ring substituents is 1. The molecule has 1 aromatic rings. The Bertz CT molecular complexity index is 663. The van der Waals surface area contributed by atoms with Gasteiger partial charge in [-0.25, -0.2) is 4.39 Å². The van der Waals surface area contributed by atoms with Crippen molar-refractivity contribution in [3.05, 3.63) is 34.1 Å². The maximum Gasteiger partial charge on any atom is 0.320 e. The van der Waals surface area contributed by atoms with Crippen LogP contribution in [0.2, 0.25) is 0 Å². The van der Waals surface area contributed by atoms with Gasteiger partial charge in [0.1, 0.15) is 11.9 Å². The number of non-ortho nitro benzene ring substituents is 1. The van der Waals surface area contributed by atoms with Crippen LogP contribution in [0, 0.1) is 15.9 Å². The predicted molar refractivity (Wildman–Crippen MR) is 83.1 cm³/mol. The highest BCUT2D eigenvalue weighted by Gasteiger charge is 2.34. The summed E-state index contributed by atoms with van der Waals surface area (Å²) in [5.41, 5.74) is -0.593. The Morgan fingerprint density at radius 3 is 2.71 bits per heavy atom. The molecule has 1 atom stereocenters. The van der Waals surface area contributed by atoms with Crippen molar-refractivity contribution < 1.29 is 24.0 Å². The minimum atomic E-state index is -0.966. The molecule has 0 saturated heterocycles. The first-order valence-corrected chi connectivity index (χ1v) is 7.52. The molecule has 0 aliphatic heterocycles. The molecule has 24 heavy (non-hydrogen) atoms. The molecular weight excluding hydrogens is 321 g/mol. The second-order valence-corrected chi connectivity index (χ2v) is 5.70. The van der Waals surface area contributed by atoms with Gasteiger partial charge in [-0.1, -0.05) is 0 Å². The van der Waals surface area contributed by atoms with Crippen molar-refractivity contribution in [3.8, 4) is 0 Å². The summed E-state index contributed by atoms with van der Waals surface area (Å²) in [7, 11) is 0. The van der Waals surface area contributed by atoms with Crippen LogP contribution in [-0.2, 0) is 9.59 Å². The minimum absolute atomic E-state index is 0.0315. The van der Waals surface area contributed by atoms with Gasteiger partial charge in [0, 0.05) is 31.1 Å². The lowest BCUT2D eigenvalue weighted by molar-refractivity contribution is -0.384. The number of halogens is 1. The normalized spacial score (nSPS) is 15.1. The monoisotopic (exact) mass is 339 g/mol. The second kappa shape index (κ2) is 7.35. The van der Waals surface area contributed by atoms with Crippen LogP contribution in [0.1, 0.15) is 26.2 Å². The van der Waals surface area contributed by atoms with Crippen LogP contribution in [-0.4, -0.2) is 45.4 Å². The highest BCUT2D eigenvalue weighted by atomic mass is 19.1.